The predicted molar refractivity (Wildman–Crippen MR) is 41.1 cm³/mol. The van der Waals surface area contributed by atoms with E-state index in [0.29, 0.717) is 5.56 Å². The minimum atomic E-state index is -0.360. The molecule has 0 aliphatic carbocycles. The van der Waals surface area contributed by atoms with E-state index in [0.717, 1.165) is 5.56 Å². The molecule has 0 atom stereocenters. The number of hydrogen-bond donors (Lipinski definition) is 0. The zero-order chi connectivity index (χ0) is 8.43. The van der Waals surface area contributed by atoms with Crippen molar-refractivity contribution in [2.75, 3.05) is 0 Å². The van der Waals surface area contributed by atoms with E-state index < -0.39 is 0 Å². The van der Waals surface area contributed by atoms with Gasteiger partial charge in [0.15, 0.2) is 5.78 Å². The van der Waals surface area contributed by atoms with Gasteiger partial charge in [-0.15, -0.1) is 0 Å². The number of rotatable bonds is 1. The molecule has 0 fully saturated rings. The molecule has 0 amide bonds. The molecule has 0 aliphatic heterocycles. The molecule has 0 saturated carbocycles. The van der Waals surface area contributed by atoms with E-state index in [4.69, 9.17) is 0 Å². The molecule has 0 bridgehead atoms. The number of halogens is 1. The Morgan fingerprint density at radius 1 is 1.45 bits per heavy atom. The smallest absolute Gasteiger partial charge is 0.160 e. The van der Waals surface area contributed by atoms with Gasteiger partial charge in [0.2, 0.25) is 0 Å². The Morgan fingerprint density at radius 2 is 2.09 bits per heavy atom. The molecule has 1 aromatic rings. The summed E-state index contributed by atoms with van der Waals surface area (Å²) < 4.78 is 12.6. The lowest BCUT2D eigenvalue weighted by Gasteiger charge is -1.99. The zero-order valence-corrected chi connectivity index (χ0v) is 6.52. The molecule has 1 rings (SSSR count). The Hall–Kier alpha value is -1.18. The van der Waals surface area contributed by atoms with Crippen molar-refractivity contribution in [1.82, 2.24) is 0 Å². The van der Waals surface area contributed by atoms with Crippen LogP contribution in [-0.2, 0) is 0 Å². The quantitative estimate of drug-likeness (QED) is 0.563. The molecular formula is C9H9FO. The van der Waals surface area contributed by atoms with Gasteiger partial charge in [0.05, 0.1) is 0 Å². The molecule has 0 saturated heterocycles. The van der Waals surface area contributed by atoms with Crippen LogP contribution in [0.1, 0.15) is 22.8 Å². The minimum absolute atomic E-state index is 0.0954. The molecule has 1 nitrogen and oxygen atoms in total. The highest BCUT2D eigenvalue weighted by Gasteiger charge is 2.03. The highest BCUT2D eigenvalue weighted by Crippen LogP contribution is 2.10. The summed E-state index contributed by atoms with van der Waals surface area (Å²) in [5, 5.41) is 0. The van der Waals surface area contributed by atoms with Gasteiger partial charge in [0.1, 0.15) is 5.82 Å². The highest BCUT2D eigenvalue weighted by atomic mass is 18.2. The van der Waals surface area contributed by atoms with Crippen molar-refractivity contribution < 1.29 is 9.18 Å². The SMILES string of the molecule is CC(=O)c1cc([18F])ccc1C. The molecule has 0 unspecified atom stereocenters. The normalized spacial score (nSPS) is 9.73. The lowest BCUT2D eigenvalue weighted by Crippen LogP contribution is -1.96. The third kappa shape index (κ3) is 1.64. The Balaban J connectivity index is 3.23. The van der Waals surface area contributed by atoms with Gasteiger partial charge in [-0.05, 0) is 31.5 Å². The van der Waals surface area contributed by atoms with Gasteiger partial charge >= 0.3 is 0 Å². The molecular weight excluding hydrogens is 142 g/mol. The van der Waals surface area contributed by atoms with Crippen molar-refractivity contribution >= 4 is 5.78 Å². The van der Waals surface area contributed by atoms with E-state index in [1.54, 1.807) is 13.0 Å². The van der Waals surface area contributed by atoms with Crippen LogP contribution in [-0.4, -0.2) is 5.78 Å². The summed E-state index contributed by atoms with van der Waals surface area (Å²) in [7, 11) is 0. The zero-order valence-electron chi connectivity index (χ0n) is 6.52. The molecule has 0 aromatic heterocycles. The molecule has 1 aromatic carbocycles. The van der Waals surface area contributed by atoms with Crippen molar-refractivity contribution in [2.45, 2.75) is 13.8 Å². The number of benzene rings is 1. The van der Waals surface area contributed by atoms with E-state index in [9.17, 15) is 9.18 Å². The van der Waals surface area contributed by atoms with Gasteiger partial charge in [-0.2, -0.15) is 0 Å². The third-order valence-corrected chi connectivity index (χ3v) is 1.58. The summed E-state index contributed by atoms with van der Waals surface area (Å²) in [6.07, 6.45) is 0. The summed E-state index contributed by atoms with van der Waals surface area (Å²) in [4.78, 5) is 10.9. The Kier molecular flexibility index (Phi) is 2.03. The summed E-state index contributed by atoms with van der Waals surface area (Å²) in [5.74, 6) is -0.456. The number of carbonyl (C=O) groups excluding carboxylic acids is 1. The van der Waals surface area contributed by atoms with Gasteiger partial charge in [0.25, 0.3) is 0 Å². The van der Waals surface area contributed by atoms with Crippen LogP contribution in [0.2, 0.25) is 0 Å². The Bertz CT molecular complexity index is 292. The van der Waals surface area contributed by atoms with Crippen LogP contribution in [0.4, 0.5) is 4.39 Å². The van der Waals surface area contributed by atoms with E-state index >= 15 is 0 Å². The van der Waals surface area contributed by atoms with E-state index in [1.165, 1.54) is 19.1 Å². The summed E-state index contributed by atoms with van der Waals surface area (Å²) in [5.41, 5.74) is 1.28. The summed E-state index contributed by atoms with van der Waals surface area (Å²) >= 11 is 0. The third-order valence-electron chi connectivity index (χ3n) is 1.58. The van der Waals surface area contributed by atoms with Gasteiger partial charge in [-0.3, -0.25) is 4.79 Å². The van der Waals surface area contributed by atoms with Crippen molar-refractivity contribution in [3.8, 4) is 0 Å². The second-order valence-corrected chi connectivity index (χ2v) is 2.52. The Morgan fingerprint density at radius 3 is 2.55 bits per heavy atom. The van der Waals surface area contributed by atoms with Gasteiger partial charge in [0, 0.05) is 5.56 Å². The lowest BCUT2D eigenvalue weighted by atomic mass is 10.1. The monoisotopic (exact) mass is 151 g/mol. The van der Waals surface area contributed by atoms with E-state index in [2.05, 4.69) is 0 Å². The predicted octanol–water partition coefficient (Wildman–Crippen LogP) is 2.34. The van der Waals surface area contributed by atoms with E-state index in [1.807, 2.05) is 0 Å². The second kappa shape index (κ2) is 2.82. The maximum atomic E-state index is 12.6. The van der Waals surface area contributed by atoms with Crippen LogP contribution in [0.5, 0.6) is 0 Å². The van der Waals surface area contributed by atoms with Crippen LogP contribution >= 0.6 is 0 Å². The van der Waals surface area contributed by atoms with Crippen LogP contribution in [0, 0.1) is 12.7 Å². The lowest BCUT2D eigenvalue weighted by molar-refractivity contribution is 0.101. The van der Waals surface area contributed by atoms with E-state index in [-0.39, 0.29) is 11.6 Å². The average molecular weight is 151 g/mol. The standard InChI is InChI=1S/C9H9FO/c1-6-3-4-8(10)5-9(6)7(2)11/h3-5H,1-2H3/i10-1. The molecule has 58 valence electrons. The molecule has 0 heterocycles. The first-order valence-corrected chi connectivity index (χ1v) is 3.38. The van der Waals surface area contributed by atoms with Crippen molar-refractivity contribution in [3.05, 3.63) is 35.1 Å². The van der Waals surface area contributed by atoms with Crippen LogP contribution < -0.4 is 0 Å². The minimum Gasteiger partial charge on any atom is -0.294 e. The van der Waals surface area contributed by atoms with Crippen LogP contribution in [0.3, 0.4) is 0 Å². The Labute approximate surface area is 64.9 Å². The molecule has 0 aliphatic rings. The maximum Gasteiger partial charge on any atom is 0.160 e. The molecule has 2 heteroatoms. The van der Waals surface area contributed by atoms with Gasteiger partial charge < -0.3 is 0 Å². The van der Waals surface area contributed by atoms with Crippen molar-refractivity contribution in [1.29, 1.82) is 0 Å². The first-order chi connectivity index (χ1) is 5.11. The first-order valence-electron chi connectivity index (χ1n) is 3.38. The summed E-state index contributed by atoms with van der Waals surface area (Å²) in [6.45, 7) is 3.22. The van der Waals surface area contributed by atoms with Crippen LogP contribution in [0.25, 0.3) is 0 Å². The average Bonchev–Trinajstić information content (AvgIpc) is 1.94. The number of Topliss-reactive ketones (excluding diaryl/α,β-unsaturated/α-hetero) is 1. The van der Waals surface area contributed by atoms with Gasteiger partial charge in [-0.1, -0.05) is 6.07 Å². The fourth-order valence-electron chi connectivity index (χ4n) is 0.974. The fraction of sp³-hybridized carbons (Fsp3) is 0.222. The van der Waals surface area contributed by atoms with Gasteiger partial charge in [-0.25, -0.2) is 4.39 Å². The maximum absolute atomic E-state index is 12.6. The molecule has 0 spiro atoms. The number of hydrogen-bond acceptors (Lipinski definition) is 1. The summed E-state index contributed by atoms with van der Waals surface area (Å²) in [6, 6.07) is 4.21. The van der Waals surface area contributed by atoms with Crippen molar-refractivity contribution in [3.63, 3.8) is 0 Å². The first kappa shape index (κ1) is 7.92. The largest absolute Gasteiger partial charge is 0.294 e. The number of aryl methyl sites for hydroxylation is 1. The highest BCUT2D eigenvalue weighted by molar-refractivity contribution is 5.95. The second-order valence-electron chi connectivity index (χ2n) is 2.52. The molecule has 0 N–H and O–H groups in total. The number of ketones is 1. The van der Waals surface area contributed by atoms with Crippen molar-refractivity contribution in [2.24, 2.45) is 0 Å². The fourth-order valence-corrected chi connectivity index (χ4v) is 0.974. The molecule has 11 heavy (non-hydrogen) atoms. The number of carbonyl (C=O) groups is 1. The van der Waals surface area contributed by atoms with Crippen LogP contribution in [0.15, 0.2) is 18.2 Å². The topological polar surface area (TPSA) is 17.1 Å². The molecule has 0 radical (unpaired) electrons.